The summed E-state index contributed by atoms with van der Waals surface area (Å²) in [5, 5.41) is 0. The van der Waals surface area contributed by atoms with Gasteiger partial charge in [-0.15, -0.1) is 12.4 Å². The molecule has 6 nitrogen and oxygen atoms in total. The van der Waals surface area contributed by atoms with Gasteiger partial charge in [0.25, 0.3) is 0 Å². The quantitative estimate of drug-likeness (QED) is 0.430. The van der Waals surface area contributed by atoms with E-state index < -0.39 is 11.9 Å². The third-order valence-electron chi connectivity index (χ3n) is 4.69. The molecule has 0 amide bonds. The maximum atomic E-state index is 11.6. The Hall–Kier alpha value is -1.11. The predicted octanol–water partition coefficient (Wildman–Crippen LogP) is 2.51. The maximum absolute atomic E-state index is 11.6. The Morgan fingerprint density at radius 3 is 1.28 bits per heavy atom. The van der Waals surface area contributed by atoms with Gasteiger partial charge in [0.15, 0.2) is 0 Å². The highest BCUT2D eigenvalue weighted by atomic mass is 35.5. The van der Waals surface area contributed by atoms with Gasteiger partial charge in [0.2, 0.25) is 0 Å². The first-order valence-corrected chi connectivity index (χ1v) is 8.25. The molecule has 0 aromatic carbocycles. The molecule has 0 spiro atoms. The normalized spacial score (nSPS) is 12.4. The average Bonchev–Trinajstić information content (AvgIpc) is 2.44. The summed E-state index contributed by atoms with van der Waals surface area (Å²) in [5.41, 5.74) is -0.107. The summed E-state index contributed by atoms with van der Waals surface area (Å²) in [4.78, 5) is 27.3. The van der Waals surface area contributed by atoms with Crippen LogP contribution in [-0.2, 0) is 19.1 Å². The largest absolute Gasteiger partial charge is 0.462 e. The van der Waals surface area contributed by atoms with Gasteiger partial charge < -0.3 is 19.3 Å². The number of rotatable bonds is 10. The summed E-state index contributed by atoms with van der Waals surface area (Å²) < 4.78 is 10.2. The Morgan fingerprint density at radius 2 is 1.04 bits per heavy atom. The van der Waals surface area contributed by atoms with Crippen LogP contribution in [0.5, 0.6) is 0 Å². The third-order valence-corrected chi connectivity index (χ3v) is 4.69. The molecule has 0 aromatic heterocycles. The molecule has 0 fully saturated rings. The summed E-state index contributed by atoms with van der Waals surface area (Å²) in [6.07, 6.45) is 3.65. The average molecular weight is 379 g/mol. The topological polar surface area (TPSA) is 59.1 Å². The highest BCUT2D eigenvalue weighted by molar-refractivity contribution is 5.91. The molecule has 0 aliphatic heterocycles. The van der Waals surface area contributed by atoms with Crippen molar-refractivity contribution in [2.24, 2.45) is 0 Å². The van der Waals surface area contributed by atoms with Crippen LogP contribution in [0.1, 0.15) is 40.5 Å². The second kappa shape index (κ2) is 11.5. The van der Waals surface area contributed by atoms with E-state index in [9.17, 15) is 9.59 Å². The minimum absolute atomic E-state index is 0. The number of hydrogen-bond donors (Lipinski definition) is 0. The number of carbonyl (C=O) groups excluding carboxylic acids is 2. The Morgan fingerprint density at radius 1 is 0.760 bits per heavy atom. The first-order chi connectivity index (χ1) is 10.9. The third kappa shape index (κ3) is 11.2. The molecule has 0 radical (unpaired) electrons. The number of nitrogens with zero attached hydrogens (tertiary/aromatic N) is 2. The molecule has 0 atom stereocenters. The van der Waals surface area contributed by atoms with Crippen LogP contribution in [0.15, 0.2) is 12.2 Å². The van der Waals surface area contributed by atoms with E-state index in [1.165, 1.54) is 0 Å². The first kappa shape index (κ1) is 26.1. The van der Waals surface area contributed by atoms with E-state index >= 15 is 0 Å². The zero-order valence-corrected chi connectivity index (χ0v) is 17.7. The van der Waals surface area contributed by atoms with Gasteiger partial charge in [-0.25, -0.2) is 9.59 Å². The van der Waals surface area contributed by atoms with Crippen LogP contribution in [0.3, 0.4) is 0 Å². The molecule has 0 N–H and O–H groups in total. The SMILES string of the molecule is CN(C)C(C)(C)CCOC(=O)/C=C/C(=O)OCCC(C)(C)N(C)C.Cl. The van der Waals surface area contributed by atoms with Gasteiger partial charge in [0, 0.05) is 23.2 Å². The van der Waals surface area contributed by atoms with Crippen molar-refractivity contribution >= 4 is 24.3 Å². The lowest BCUT2D eigenvalue weighted by Crippen LogP contribution is -2.39. The molecule has 0 bridgehead atoms. The summed E-state index contributed by atoms with van der Waals surface area (Å²) in [6.45, 7) is 8.90. The van der Waals surface area contributed by atoms with Crippen LogP contribution in [0, 0.1) is 0 Å². The smallest absolute Gasteiger partial charge is 0.331 e. The van der Waals surface area contributed by atoms with Crippen LogP contribution in [0.2, 0.25) is 0 Å². The minimum Gasteiger partial charge on any atom is -0.462 e. The molecule has 0 aliphatic carbocycles. The number of hydrogen-bond acceptors (Lipinski definition) is 6. The van der Waals surface area contributed by atoms with Gasteiger partial charge in [-0.05, 0) is 68.7 Å². The Balaban J connectivity index is 0. The van der Waals surface area contributed by atoms with Crippen LogP contribution >= 0.6 is 12.4 Å². The van der Waals surface area contributed by atoms with Gasteiger partial charge in [0.05, 0.1) is 13.2 Å². The van der Waals surface area contributed by atoms with Crippen molar-refractivity contribution < 1.29 is 19.1 Å². The van der Waals surface area contributed by atoms with Gasteiger partial charge in [-0.3, -0.25) is 0 Å². The standard InChI is InChI=1S/C18H34N2O4.ClH/c1-17(2,19(5)6)11-13-23-15(21)9-10-16(22)24-14-12-18(3,4)20(7)8;/h9-10H,11-14H2,1-8H3;1H/b10-9+;. The fourth-order valence-corrected chi connectivity index (χ4v) is 1.48. The Labute approximate surface area is 158 Å². The van der Waals surface area contributed by atoms with Crippen molar-refractivity contribution in [2.75, 3.05) is 41.4 Å². The van der Waals surface area contributed by atoms with E-state index in [4.69, 9.17) is 9.47 Å². The van der Waals surface area contributed by atoms with Crippen molar-refractivity contribution in [3.63, 3.8) is 0 Å². The second-order valence-corrected chi connectivity index (χ2v) is 7.58. The van der Waals surface area contributed by atoms with Gasteiger partial charge >= 0.3 is 11.9 Å². The van der Waals surface area contributed by atoms with Crippen molar-refractivity contribution in [3.8, 4) is 0 Å². The maximum Gasteiger partial charge on any atom is 0.331 e. The summed E-state index contributed by atoms with van der Waals surface area (Å²) in [6, 6.07) is 0. The fourth-order valence-electron chi connectivity index (χ4n) is 1.48. The van der Waals surface area contributed by atoms with Gasteiger partial charge in [-0.1, -0.05) is 0 Å². The lowest BCUT2D eigenvalue weighted by molar-refractivity contribution is -0.141. The second-order valence-electron chi connectivity index (χ2n) is 7.58. The molecule has 0 aliphatic rings. The van der Waals surface area contributed by atoms with Gasteiger partial charge in [-0.2, -0.15) is 0 Å². The first-order valence-electron chi connectivity index (χ1n) is 8.25. The molecule has 0 saturated heterocycles. The van der Waals surface area contributed by atoms with Gasteiger partial charge in [0.1, 0.15) is 0 Å². The van der Waals surface area contributed by atoms with E-state index in [0.29, 0.717) is 26.1 Å². The molecular weight excluding hydrogens is 344 g/mol. The molecule has 0 rings (SSSR count). The minimum atomic E-state index is -0.532. The molecule has 0 heterocycles. The van der Waals surface area contributed by atoms with Crippen LogP contribution in [0.4, 0.5) is 0 Å². The van der Waals surface area contributed by atoms with Crippen molar-refractivity contribution in [2.45, 2.75) is 51.6 Å². The fraction of sp³-hybridized carbons (Fsp3) is 0.778. The van der Waals surface area contributed by atoms with Crippen LogP contribution < -0.4 is 0 Å². The molecule has 0 unspecified atom stereocenters. The number of esters is 2. The molecule has 0 saturated carbocycles. The highest BCUT2D eigenvalue weighted by Crippen LogP contribution is 2.15. The molecule has 7 heteroatoms. The molecule has 148 valence electrons. The Bertz CT molecular complexity index is 406. The predicted molar refractivity (Wildman–Crippen MR) is 103 cm³/mol. The van der Waals surface area contributed by atoms with E-state index in [1.807, 2.05) is 28.2 Å². The lowest BCUT2D eigenvalue weighted by Gasteiger charge is -2.32. The monoisotopic (exact) mass is 378 g/mol. The number of halogens is 1. The van der Waals surface area contributed by atoms with E-state index in [1.54, 1.807) is 0 Å². The Kier molecular flexibility index (Phi) is 12.0. The molecule has 25 heavy (non-hydrogen) atoms. The highest BCUT2D eigenvalue weighted by Gasteiger charge is 2.21. The summed E-state index contributed by atoms with van der Waals surface area (Å²) >= 11 is 0. The van der Waals surface area contributed by atoms with Crippen LogP contribution in [-0.4, -0.2) is 74.2 Å². The molecular formula is C18H35ClN2O4. The molecule has 0 aromatic rings. The zero-order chi connectivity index (χ0) is 19.0. The number of ether oxygens (including phenoxy) is 2. The van der Waals surface area contributed by atoms with E-state index in [-0.39, 0.29) is 23.5 Å². The number of carbonyl (C=O) groups is 2. The van der Waals surface area contributed by atoms with Crippen molar-refractivity contribution in [1.82, 2.24) is 9.80 Å². The summed E-state index contributed by atoms with van der Waals surface area (Å²) in [5.74, 6) is -1.06. The van der Waals surface area contributed by atoms with E-state index in [2.05, 4.69) is 37.5 Å². The summed E-state index contributed by atoms with van der Waals surface area (Å²) in [7, 11) is 7.93. The van der Waals surface area contributed by atoms with E-state index in [0.717, 1.165) is 12.2 Å². The lowest BCUT2D eigenvalue weighted by atomic mass is 10.0. The van der Waals surface area contributed by atoms with Crippen molar-refractivity contribution in [1.29, 1.82) is 0 Å². The van der Waals surface area contributed by atoms with Crippen LogP contribution in [0.25, 0.3) is 0 Å². The van der Waals surface area contributed by atoms with Crippen molar-refractivity contribution in [3.05, 3.63) is 12.2 Å². The zero-order valence-electron chi connectivity index (χ0n) is 16.9.